The number of carbonyl (C=O) groups excluding carboxylic acids is 1. The zero-order valence-corrected chi connectivity index (χ0v) is 13.7. The third-order valence-corrected chi connectivity index (χ3v) is 4.92. The lowest BCUT2D eigenvalue weighted by Gasteiger charge is -2.36. The largest absolute Gasteiger partial charge is 0.387 e. The molecule has 0 radical (unpaired) electrons. The molecule has 2 aliphatic rings. The predicted molar refractivity (Wildman–Crippen MR) is 90.1 cm³/mol. The summed E-state index contributed by atoms with van der Waals surface area (Å²) in [6.07, 6.45) is 2.48. The van der Waals surface area contributed by atoms with Crippen LogP contribution < -0.4 is 5.32 Å². The topological polar surface area (TPSA) is 55.8 Å². The molecule has 1 aromatic rings. The first-order chi connectivity index (χ1) is 11.2. The van der Waals surface area contributed by atoms with E-state index in [0.29, 0.717) is 19.0 Å². The Kier molecular flexibility index (Phi) is 5.65. The van der Waals surface area contributed by atoms with Crippen LogP contribution in [0.4, 0.5) is 0 Å². The van der Waals surface area contributed by atoms with Gasteiger partial charge in [-0.2, -0.15) is 0 Å². The van der Waals surface area contributed by atoms with Crippen molar-refractivity contribution in [1.82, 2.24) is 15.1 Å². The van der Waals surface area contributed by atoms with Crippen LogP contribution in [0.1, 0.15) is 30.9 Å². The Labute approximate surface area is 138 Å². The second-order valence-electron chi connectivity index (χ2n) is 6.61. The maximum Gasteiger partial charge on any atom is 0.224 e. The molecule has 2 saturated heterocycles. The molecule has 126 valence electrons. The quantitative estimate of drug-likeness (QED) is 0.851. The van der Waals surface area contributed by atoms with E-state index in [0.717, 1.165) is 44.7 Å². The Morgan fingerprint density at radius 2 is 1.96 bits per heavy atom. The second-order valence-corrected chi connectivity index (χ2v) is 6.61. The maximum absolute atomic E-state index is 12.3. The highest BCUT2D eigenvalue weighted by Gasteiger charge is 2.25. The highest BCUT2D eigenvalue weighted by molar-refractivity contribution is 5.77. The lowest BCUT2D eigenvalue weighted by molar-refractivity contribution is -0.133. The molecule has 2 unspecified atom stereocenters. The van der Waals surface area contributed by atoms with E-state index in [1.54, 1.807) is 0 Å². The van der Waals surface area contributed by atoms with Gasteiger partial charge in [0.1, 0.15) is 0 Å². The van der Waals surface area contributed by atoms with Crippen molar-refractivity contribution in [3.63, 3.8) is 0 Å². The Morgan fingerprint density at radius 1 is 1.22 bits per heavy atom. The molecule has 0 spiro atoms. The number of aliphatic hydroxyl groups excluding tert-OH is 1. The molecule has 0 bridgehead atoms. The van der Waals surface area contributed by atoms with Gasteiger partial charge in [-0.15, -0.1) is 0 Å². The molecular formula is C18H27N3O2. The normalized spacial score (nSPS) is 23.9. The van der Waals surface area contributed by atoms with Crippen molar-refractivity contribution in [3.05, 3.63) is 35.9 Å². The molecule has 5 nitrogen and oxygen atoms in total. The van der Waals surface area contributed by atoms with E-state index in [4.69, 9.17) is 0 Å². The number of carbonyl (C=O) groups is 1. The molecule has 0 aliphatic carbocycles. The van der Waals surface area contributed by atoms with Gasteiger partial charge in [-0.05, 0) is 24.9 Å². The Hall–Kier alpha value is -1.43. The minimum atomic E-state index is -0.457. The number of benzene rings is 1. The minimum absolute atomic E-state index is 0.271. The fraction of sp³-hybridized carbons (Fsp3) is 0.611. The van der Waals surface area contributed by atoms with Crippen molar-refractivity contribution in [2.24, 2.45) is 0 Å². The first-order valence-corrected chi connectivity index (χ1v) is 8.69. The van der Waals surface area contributed by atoms with Gasteiger partial charge in [0.15, 0.2) is 0 Å². The van der Waals surface area contributed by atoms with Gasteiger partial charge in [-0.1, -0.05) is 30.3 Å². The molecule has 2 atom stereocenters. The lowest BCUT2D eigenvalue weighted by atomic mass is 10.1. The number of β-amino-alcohol motifs (C(OH)–C–C–N with tert-alkyl or cyclic N) is 1. The van der Waals surface area contributed by atoms with Crippen LogP contribution in [-0.4, -0.2) is 66.1 Å². The molecule has 1 amide bonds. The standard InChI is InChI=1S/C18H27N3O2/c22-17(15-5-2-1-3-6-15)14-20-9-11-21(12-10-20)18(23)13-16-7-4-8-19-16/h1-3,5-6,16-17,19,22H,4,7-14H2. The molecule has 2 fully saturated rings. The monoisotopic (exact) mass is 317 g/mol. The third-order valence-electron chi connectivity index (χ3n) is 4.92. The van der Waals surface area contributed by atoms with Gasteiger partial charge in [-0.3, -0.25) is 9.69 Å². The van der Waals surface area contributed by atoms with Crippen LogP contribution in [0, 0.1) is 0 Å². The van der Waals surface area contributed by atoms with Crippen molar-refractivity contribution in [1.29, 1.82) is 0 Å². The van der Waals surface area contributed by atoms with Crippen molar-refractivity contribution >= 4 is 5.91 Å². The van der Waals surface area contributed by atoms with Gasteiger partial charge >= 0.3 is 0 Å². The van der Waals surface area contributed by atoms with Crippen molar-refractivity contribution in [3.8, 4) is 0 Å². The number of rotatable bonds is 5. The summed E-state index contributed by atoms with van der Waals surface area (Å²) in [5, 5.41) is 13.7. The molecular weight excluding hydrogens is 290 g/mol. The van der Waals surface area contributed by atoms with Gasteiger partial charge < -0.3 is 15.3 Å². The summed E-state index contributed by atoms with van der Waals surface area (Å²) in [7, 11) is 0. The first-order valence-electron chi connectivity index (χ1n) is 8.69. The highest BCUT2D eigenvalue weighted by Crippen LogP contribution is 2.16. The molecule has 3 rings (SSSR count). The fourth-order valence-electron chi connectivity index (χ4n) is 3.48. The molecule has 2 aliphatic heterocycles. The number of piperazine rings is 1. The van der Waals surface area contributed by atoms with Gasteiger partial charge in [0, 0.05) is 45.2 Å². The van der Waals surface area contributed by atoms with E-state index >= 15 is 0 Å². The summed E-state index contributed by atoms with van der Waals surface area (Å²) in [5.41, 5.74) is 0.957. The van der Waals surface area contributed by atoms with Crippen LogP contribution in [0.25, 0.3) is 0 Å². The number of aliphatic hydroxyl groups is 1. The number of nitrogens with one attached hydrogen (secondary N) is 1. The van der Waals surface area contributed by atoms with Crippen LogP contribution in [-0.2, 0) is 4.79 Å². The smallest absolute Gasteiger partial charge is 0.224 e. The number of amides is 1. The first kappa shape index (κ1) is 16.4. The summed E-state index contributed by atoms with van der Waals surface area (Å²) in [4.78, 5) is 16.5. The summed E-state index contributed by atoms with van der Waals surface area (Å²) in [6.45, 7) is 4.90. The van der Waals surface area contributed by atoms with Crippen LogP contribution in [0.2, 0.25) is 0 Å². The molecule has 5 heteroatoms. The van der Waals surface area contributed by atoms with Crippen molar-refractivity contribution in [2.75, 3.05) is 39.3 Å². The molecule has 0 saturated carbocycles. The van der Waals surface area contributed by atoms with E-state index in [1.165, 1.54) is 6.42 Å². The molecule has 23 heavy (non-hydrogen) atoms. The molecule has 1 aromatic carbocycles. The van der Waals surface area contributed by atoms with Gasteiger partial charge in [0.05, 0.1) is 6.10 Å². The van der Waals surface area contributed by atoms with Crippen molar-refractivity contribution < 1.29 is 9.90 Å². The minimum Gasteiger partial charge on any atom is -0.387 e. The highest BCUT2D eigenvalue weighted by atomic mass is 16.3. The van der Waals surface area contributed by atoms with E-state index < -0.39 is 6.10 Å². The number of hydrogen-bond acceptors (Lipinski definition) is 4. The van der Waals surface area contributed by atoms with Gasteiger partial charge in [0.2, 0.25) is 5.91 Å². The van der Waals surface area contributed by atoms with Gasteiger partial charge in [-0.25, -0.2) is 0 Å². The average Bonchev–Trinajstić information content (AvgIpc) is 3.09. The average molecular weight is 317 g/mol. The lowest BCUT2D eigenvalue weighted by Crippen LogP contribution is -2.50. The van der Waals surface area contributed by atoms with E-state index in [2.05, 4.69) is 10.2 Å². The summed E-state index contributed by atoms with van der Waals surface area (Å²) in [6, 6.07) is 10.1. The number of nitrogens with zero attached hydrogens (tertiary/aromatic N) is 2. The van der Waals surface area contributed by atoms with Crippen LogP contribution in [0.3, 0.4) is 0 Å². The zero-order chi connectivity index (χ0) is 16.1. The van der Waals surface area contributed by atoms with E-state index in [-0.39, 0.29) is 5.91 Å². The Morgan fingerprint density at radius 3 is 2.61 bits per heavy atom. The summed E-state index contributed by atoms with van der Waals surface area (Å²) in [5.74, 6) is 0.271. The SMILES string of the molecule is O=C(CC1CCCN1)N1CCN(CC(O)c2ccccc2)CC1. The van der Waals surface area contributed by atoms with Crippen LogP contribution in [0.15, 0.2) is 30.3 Å². The Balaban J connectivity index is 1.42. The third kappa shape index (κ3) is 4.53. The van der Waals surface area contributed by atoms with Gasteiger partial charge in [0.25, 0.3) is 0 Å². The van der Waals surface area contributed by atoms with Crippen LogP contribution in [0.5, 0.6) is 0 Å². The second kappa shape index (κ2) is 7.90. The zero-order valence-electron chi connectivity index (χ0n) is 13.7. The van der Waals surface area contributed by atoms with Crippen LogP contribution >= 0.6 is 0 Å². The predicted octanol–water partition coefficient (Wildman–Crippen LogP) is 1.01. The van der Waals surface area contributed by atoms with E-state index in [1.807, 2.05) is 35.2 Å². The summed E-state index contributed by atoms with van der Waals surface area (Å²) >= 11 is 0. The summed E-state index contributed by atoms with van der Waals surface area (Å²) < 4.78 is 0. The molecule has 2 heterocycles. The Bertz CT molecular complexity index is 494. The maximum atomic E-state index is 12.3. The van der Waals surface area contributed by atoms with E-state index in [9.17, 15) is 9.90 Å². The molecule has 0 aromatic heterocycles. The fourth-order valence-corrected chi connectivity index (χ4v) is 3.48. The molecule has 2 N–H and O–H groups in total. The van der Waals surface area contributed by atoms with Crippen molar-refractivity contribution in [2.45, 2.75) is 31.4 Å². The number of hydrogen-bond donors (Lipinski definition) is 2.